The van der Waals surface area contributed by atoms with Crippen LogP contribution < -0.4 is 5.32 Å². The Kier molecular flexibility index (Phi) is 6.33. The molecule has 24 heavy (non-hydrogen) atoms. The van der Waals surface area contributed by atoms with Gasteiger partial charge in [-0.05, 0) is 52.0 Å². The van der Waals surface area contributed by atoms with Crippen molar-refractivity contribution in [3.8, 4) is 0 Å². The van der Waals surface area contributed by atoms with Gasteiger partial charge in [0.25, 0.3) is 0 Å². The highest BCUT2D eigenvalue weighted by molar-refractivity contribution is 7.81. The monoisotopic (exact) mass is 348 g/mol. The number of likely N-dealkylation sites (N-methyl/N-ethyl adjacent to an activating group) is 1. The second-order valence-electron chi connectivity index (χ2n) is 7.05. The molecule has 1 N–H and O–H groups in total. The molecule has 2 atom stereocenters. The summed E-state index contributed by atoms with van der Waals surface area (Å²) in [7, 11) is 0. The third kappa shape index (κ3) is 4.53. The van der Waals surface area contributed by atoms with Crippen molar-refractivity contribution in [3.05, 3.63) is 35.9 Å². The number of nitrogens with zero attached hydrogens (tertiary/aromatic N) is 1. The highest BCUT2D eigenvalue weighted by atomic mass is 32.1. The molecule has 0 aromatic heterocycles. The van der Waals surface area contributed by atoms with Gasteiger partial charge in [-0.2, -0.15) is 12.6 Å². The molecule has 0 bridgehead atoms. The molecule has 1 aliphatic heterocycles. The Morgan fingerprint density at radius 1 is 1.38 bits per heavy atom. The first-order valence-electron chi connectivity index (χ1n) is 8.69. The first-order valence-corrected chi connectivity index (χ1v) is 9.20. The number of benzene rings is 1. The predicted octanol–water partition coefficient (Wildman–Crippen LogP) is 2.82. The number of carbonyl (C=O) groups excluding carboxylic acids is 2. The molecule has 1 aliphatic rings. The van der Waals surface area contributed by atoms with Crippen molar-refractivity contribution in [2.24, 2.45) is 0 Å². The predicted molar refractivity (Wildman–Crippen MR) is 100 cm³/mol. The van der Waals surface area contributed by atoms with Gasteiger partial charge in [-0.3, -0.25) is 9.59 Å². The highest BCUT2D eigenvalue weighted by Gasteiger charge is 2.37. The van der Waals surface area contributed by atoms with Crippen molar-refractivity contribution in [1.29, 1.82) is 0 Å². The van der Waals surface area contributed by atoms with E-state index in [1.165, 1.54) is 0 Å². The van der Waals surface area contributed by atoms with E-state index in [2.05, 4.69) is 31.8 Å². The van der Waals surface area contributed by atoms with Crippen molar-refractivity contribution >= 4 is 24.4 Å². The summed E-state index contributed by atoms with van der Waals surface area (Å²) in [5.41, 5.74) is 0.909. The zero-order valence-corrected chi connectivity index (χ0v) is 15.7. The van der Waals surface area contributed by atoms with Gasteiger partial charge in [-0.15, -0.1) is 0 Å². The van der Waals surface area contributed by atoms with E-state index in [1.807, 2.05) is 42.2 Å². The Bertz CT molecular complexity index is 574. The van der Waals surface area contributed by atoms with Gasteiger partial charge in [0.1, 0.15) is 6.04 Å². The van der Waals surface area contributed by atoms with E-state index in [4.69, 9.17) is 0 Å². The molecule has 2 rings (SSSR count). The second-order valence-corrected chi connectivity index (χ2v) is 7.68. The van der Waals surface area contributed by atoms with Gasteiger partial charge in [0.15, 0.2) is 0 Å². The van der Waals surface area contributed by atoms with Gasteiger partial charge in [-0.1, -0.05) is 30.3 Å². The molecule has 1 aromatic rings. The van der Waals surface area contributed by atoms with E-state index in [-0.39, 0.29) is 17.4 Å². The Labute approximate surface area is 150 Å². The van der Waals surface area contributed by atoms with E-state index >= 15 is 0 Å². The quantitative estimate of drug-likeness (QED) is 0.804. The lowest BCUT2D eigenvalue weighted by molar-refractivity contribution is -0.139. The summed E-state index contributed by atoms with van der Waals surface area (Å²) in [4.78, 5) is 27.2. The summed E-state index contributed by atoms with van der Waals surface area (Å²) in [5, 5.41) is 2.47. The molecule has 0 spiro atoms. The summed E-state index contributed by atoms with van der Waals surface area (Å²) in [6.07, 6.45) is 3.12. The summed E-state index contributed by atoms with van der Waals surface area (Å²) in [6, 6.07) is 9.36. The topological polar surface area (TPSA) is 49.4 Å². The average Bonchev–Trinajstić information content (AvgIpc) is 2.64. The fraction of sp³-hybridized carbons (Fsp3) is 0.579. The van der Waals surface area contributed by atoms with Crippen molar-refractivity contribution in [3.63, 3.8) is 0 Å². The number of hydrogen-bond donors (Lipinski definition) is 2. The lowest BCUT2D eigenvalue weighted by Crippen LogP contribution is -2.54. The van der Waals surface area contributed by atoms with Crippen LogP contribution in [-0.4, -0.2) is 40.1 Å². The largest absolute Gasteiger partial charge is 0.343 e. The molecule has 132 valence electrons. The zero-order chi connectivity index (χ0) is 17.7. The minimum atomic E-state index is -0.452. The molecule has 0 aliphatic carbocycles. The van der Waals surface area contributed by atoms with Crippen LogP contribution in [0.4, 0.5) is 0 Å². The van der Waals surface area contributed by atoms with Crippen molar-refractivity contribution in [1.82, 2.24) is 10.2 Å². The van der Waals surface area contributed by atoms with Crippen molar-refractivity contribution < 1.29 is 9.59 Å². The number of carbonyl (C=O) groups is 2. The van der Waals surface area contributed by atoms with Gasteiger partial charge in [0.05, 0.1) is 5.25 Å². The molecule has 1 heterocycles. The summed E-state index contributed by atoms with van der Waals surface area (Å²) in [6.45, 7) is 6.83. The van der Waals surface area contributed by atoms with Gasteiger partial charge in [-0.25, -0.2) is 0 Å². The van der Waals surface area contributed by atoms with Crippen molar-refractivity contribution in [2.75, 3.05) is 6.54 Å². The van der Waals surface area contributed by atoms with Crippen LogP contribution in [0.5, 0.6) is 0 Å². The molecule has 1 fully saturated rings. The highest BCUT2D eigenvalue weighted by Crippen LogP contribution is 2.27. The first-order chi connectivity index (χ1) is 11.3. The number of amides is 2. The van der Waals surface area contributed by atoms with E-state index in [0.29, 0.717) is 19.4 Å². The fourth-order valence-electron chi connectivity index (χ4n) is 3.40. The third-order valence-electron chi connectivity index (χ3n) is 4.78. The molecule has 5 heteroatoms. The lowest BCUT2D eigenvalue weighted by atomic mass is 9.97. The van der Waals surface area contributed by atoms with Gasteiger partial charge < -0.3 is 10.2 Å². The maximum absolute atomic E-state index is 12.8. The molecule has 1 aromatic carbocycles. The molecular formula is C19H28N2O2S. The number of likely N-dealkylation sites (tertiary alicyclic amines) is 1. The molecule has 0 saturated carbocycles. The van der Waals surface area contributed by atoms with E-state index < -0.39 is 11.3 Å². The minimum absolute atomic E-state index is 0.0218. The lowest BCUT2D eigenvalue weighted by Gasteiger charge is -2.37. The summed E-state index contributed by atoms with van der Waals surface area (Å²) in [5.74, 6) is -0.148. The third-order valence-corrected chi connectivity index (χ3v) is 5.20. The standard InChI is InChI=1S/C19H28N2O2S/c1-4-21-18(23)15(11-8-12-19(21,2)3)20-17(22)16(24)13-14-9-6-5-7-10-14/h5-7,9-10,15-16,24H,4,8,11-13H2,1-3H3,(H,20,22). The maximum Gasteiger partial charge on any atom is 0.245 e. The van der Waals surface area contributed by atoms with Gasteiger partial charge >= 0.3 is 0 Å². The fourth-order valence-corrected chi connectivity index (χ4v) is 3.68. The molecule has 1 saturated heterocycles. The van der Waals surface area contributed by atoms with Crippen LogP contribution >= 0.6 is 12.6 Å². The number of thiol groups is 1. The molecule has 2 unspecified atom stereocenters. The Balaban J connectivity index is 2.00. The Morgan fingerprint density at radius 2 is 2.04 bits per heavy atom. The van der Waals surface area contributed by atoms with Crippen LogP contribution in [0, 0.1) is 0 Å². The first kappa shape index (κ1) is 18.8. The molecule has 0 radical (unpaired) electrons. The molecular weight excluding hydrogens is 320 g/mol. The smallest absolute Gasteiger partial charge is 0.245 e. The van der Waals surface area contributed by atoms with Gasteiger partial charge in [0, 0.05) is 12.1 Å². The van der Waals surface area contributed by atoms with Crippen LogP contribution in [0.25, 0.3) is 0 Å². The molecule has 4 nitrogen and oxygen atoms in total. The second kappa shape index (κ2) is 8.06. The van der Waals surface area contributed by atoms with Crippen LogP contribution in [-0.2, 0) is 16.0 Å². The van der Waals surface area contributed by atoms with Crippen LogP contribution in [0.15, 0.2) is 30.3 Å². The van der Waals surface area contributed by atoms with Crippen LogP contribution in [0.3, 0.4) is 0 Å². The van der Waals surface area contributed by atoms with Crippen molar-refractivity contribution in [2.45, 2.75) is 63.3 Å². The Morgan fingerprint density at radius 3 is 2.67 bits per heavy atom. The summed E-state index contributed by atoms with van der Waals surface area (Å²) < 4.78 is 0. The van der Waals surface area contributed by atoms with E-state index in [1.54, 1.807) is 0 Å². The van der Waals surface area contributed by atoms with Gasteiger partial charge in [0.2, 0.25) is 11.8 Å². The van der Waals surface area contributed by atoms with Crippen LogP contribution in [0.1, 0.15) is 45.6 Å². The maximum atomic E-state index is 12.8. The molecule has 2 amide bonds. The van der Waals surface area contributed by atoms with E-state index in [9.17, 15) is 9.59 Å². The van der Waals surface area contributed by atoms with E-state index in [0.717, 1.165) is 18.4 Å². The zero-order valence-electron chi connectivity index (χ0n) is 14.8. The minimum Gasteiger partial charge on any atom is -0.343 e. The SMILES string of the molecule is CCN1C(=O)C(NC(=O)C(S)Cc2ccccc2)CCCC1(C)C. The number of rotatable bonds is 5. The van der Waals surface area contributed by atoms with Crippen LogP contribution in [0.2, 0.25) is 0 Å². The number of nitrogens with one attached hydrogen (secondary N) is 1. The normalized spacial score (nSPS) is 21.9. The number of hydrogen-bond acceptors (Lipinski definition) is 3. The average molecular weight is 349 g/mol. The summed E-state index contributed by atoms with van der Waals surface area (Å²) >= 11 is 4.44. The Hall–Kier alpha value is -1.49.